The van der Waals surface area contributed by atoms with Crippen molar-refractivity contribution in [2.45, 2.75) is 46.1 Å². The molecule has 0 aliphatic carbocycles. The summed E-state index contributed by atoms with van der Waals surface area (Å²) in [7, 11) is 0. The average Bonchev–Trinajstić information content (AvgIpc) is 3.24. The first kappa shape index (κ1) is 23.5. The topological polar surface area (TPSA) is 46.5 Å². The molecule has 0 radical (unpaired) electrons. The summed E-state index contributed by atoms with van der Waals surface area (Å²) in [6.45, 7) is 8.63. The van der Waals surface area contributed by atoms with Gasteiger partial charge in [0.15, 0.2) is 0 Å². The van der Waals surface area contributed by atoms with Crippen molar-refractivity contribution in [1.82, 2.24) is 0 Å². The van der Waals surface area contributed by atoms with Gasteiger partial charge in [0, 0.05) is 23.1 Å². The maximum Gasteiger partial charge on any atom is 0.126 e. The molecule has 0 unspecified atom stereocenters. The zero-order chi connectivity index (χ0) is 18.4. The molecule has 6 heteroatoms. The fraction of sp³-hybridized carbons (Fsp3) is 0.500. The van der Waals surface area contributed by atoms with E-state index in [0.29, 0.717) is 0 Å². The second kappa shape index (κ2) is 13.7. The fourth-order valence-electron chi connectivity index (χ4n) is 1.37. The third-order valence-corrected chi connectivity index (χ3v) is 4.70. The van der Waals surface area contributed by atoms with Crippen LogP contribution >= 0.6 is 38.6 Å². The predicted molar refractivity (Wildman–Crippen MR) is 108 cm³/mol. The standard InChI is InChI=1S/C7H10OS.C4H3BrS.C4H8O.C3H6O/c1-7(2,8)6-3-4-9-5-6;5-4-1-2-6-3-4;1-2-4-5-3-1;1-3(2)4/h3-5,8H,1-2H3;1-3H;1-4H2;1-2H3. The van der Waals surface area contributed by atoms with Gasteiger partial charge in [-0.3, -0.25) is 0 Å². The number of carbonyl (C=O) groups excluding carboxylic acids is 1. The van der Waals surface area contributed by atoms with Gasteiger partial charge in [-0.1, -0.05) is 0 Å². The molecule has 2 aromatic heterocycles. The van der Waals surface area contributed by atoms with Crippen LogP contribution in [0.3, 0.4) is 0 Å². The van der Waals surface area contributed by atoms with E-state index in [1.165, 1.54) is 31.2 Å². The van der Waals surface area contributed by atoms with E-state index in [4.69, 9.17) is 4.74 Å². The maximum absolute atomic E-state index is 9.44. The van der Waals surface area contributed by atoms with Crippen molar-refractivity contribution in [3.8, 4) is 0 Å². The summed E-state index contributed by atoms with van der Waals surface area (Å²) in [6.07, 6.45) is 2.56. The minimum absolute atomic E-state index is 0.167. The lowest BCUT2D eigenvalue weighted by atomic mass is 10.0. The number of ketones is 1. The number of ether oxygens (including phenoxy) is 1. The van der Waals surface area contributed by atoms with Crippen molar-refractivity contribution >= 4 is 44.4 Å². The highest BCUT2D eigenvalue weighted by Gasteiger charge is 2.14. The van der Waals surface area contributed by atoms with Gasteiger partial charge in [-0.15, -0.1) is 0 Å². The zero-order valence-corrected chi connectivity index (χ0v) is 18.0. The fourth-order valence-corrected chi connectivity index (χ4v) is 3.33. The maximum atomic E-state index is 9.44. The number of rotatable bonds is 1. The van der Waals surface area contributed by atoms with Gasteiger partial charge in [0.1, 0.15) is 5.78 Å². The monoisotopic (exact) mass is 434 g/mol. The second-order valence-corrected chi connectivity index (χ2v) is 8.22. The Labute approximate surface area is 161 Å². The van der Waals surface area contributed by atoms with Crippen LogP contribution in [0.5, 0.6) is 0 Å². The van der Waals surface area contributed by atoms with Crippen LogP contribution in [-0.4, -0.2) is 24.1 Å². The molecule has 3 nitrogen and oxygen atoms in total. The quantitative estimate of drug-likeness (QED) is 0.609. The summed E-state index contributed by atoms with van der Waals surface area (Å²) in [5, 5.41) is 17.4. The van der Waals surface area contributed by atoms with E-state index in [9.17, 15) is 9.90 Å². The molecule has 3 heterocycles. The first-order valence-corrected chi connectivity index (χ1v) is 10.4. The third-order valence-electron chi connectivity index (χ3n) is 2.54. The van der Waals surface area contributed by atoms with Gasteiger partial charge in [0.05, 0.1) is 5.60 Å². The molecule has 1 N–H and O–H groups in total. The van der Waals surface area contributed by atoms with Gasteiger partial charge in [-0.05, 0) is 90.3 Å². The number of carbonyl (C=O) groups is 1. The molecule has 24 heavy (non-hydrogen) atoms. The minimum Gasteiger partial charge on any atom is -0.386 e. The molecule has 0 spiro atoms. The Hall–Kier alpha value is -0.530. The van der Waals surface area contributed by atoms with Crippen LogP contribution in [0, 0.1) is 0 Å². The van der Waals surface area contributed by atoms with Crippen molar-refractivity contribution in [2.75, 3.05) is 13.2 Å². The summed E-state index contributed by atoms with van der Waals surface area (Å²) in [5.41, 5.74) is 0.326. The molecule has 0 atom stereocenters. The molecule has 1 saturated heterocycles. The van der Waals surface area contributed by atoms with Crippen molar-refractivity contribution in [1.29, 1.82) is 0 Å². The smallest absolute Gasteiger partial charge is 0.126 e. The van der Waals surface area contributed by atoms with Crippen LogP contribution in [0.1, 0.15) is 46.1 Å². The van der Waals surface area contributed by atoms with E-state index in [2.05, 4.69) is 15.9 Å². The van der Waals surface area contributed by atoms with E-state index in [0.717, 1.165) is 18.8 Å². The zero-order valence-electron chi connectivity index (χ0n) is 14.8. The van der Waals surface area contributed by atoms with Gasteiger partial charge >= 0.3 is 0 Å². The van der Waals surface area contributed by atoms with Crippen molar-refractivity contribution in [2.24, 2.45) is 0 Å². The van der Waals surface area contributed by atoms with Crippen LogP contribution in [-0.2, 0) is 15.1 Å². The largest absolute Gasteiger partial charge is 0.386 e. The molecule has 1 fully saturated rings. The summed E-state index contributed by atoms with van der Waals surface area (Å²) < 4.78 is 6.12. The first-order valence-electron chi connectivity index (χ1n) is 7.71. The molecule has 1 aliphatic rings. The number of halogens is 1. The summed E-state index contributed by atoms with van der Waals surface area (Å²) in [5.74, 6) is 0.167. The van der Waals surface area contributed by atoms with Gasteiger partial charge in [0.2, 0.25) is 0 Å². The summed E-state index contributed by atoms with van der Waals surface area (Å²) >= 11 is 6.59. The Bertz CT molecular complexity index is 501. The average molecular weight is 435 g/mol. The van der Waals surface area contributed by atoms with Crippen LogP contribution in [0.4, 0.5) is 0 Å². The number of Topliss-reactive ketones (excluding diaryl/α,β-unsaturated/α-hetero) is 1. The lowest BCUT2D eigenvalue weighted by Crippen LogP contribution is -2.13. The Morgan fingerprint density at radius 2 is 1.62 bits per heavy atom. The third kappa shape index (κ3) is 15.0. The Morgan fingerprint density at radius 3 is 1.79 bits per heavy atom. The molecule has 2 aromatic rings. The molecular formula is C18H27BrO3S2. The Morgan fingerprint density at radius 1 is 1.12 bits per heavy atom. The number of aliphatic hydroxyl groups is 1. The molecule has 0 aromatic carbocycles. The lowest BCUT2D eigenvalue weighted by Gasteiger charge is -2.14. The van der Waals surface area contributed by atoms with E-state index < -0.39 is 5.60 Å². The van der Waals surface area contributed by atoms with Crippen molar-refractivity contribution < 1.29 is 14.6 Å². The predicted octanol–water partition coefficient (Wildman–Crippen LogP) is 5.88. The van der Waals surface area contributed by atoms with Gasteiger partial charge in [-0.2, -0.15) is 22.7 Å². The molecule has 0 bridgehead atoms. The van der Waals surface area contributed by atoms with Crippen molar-refractivity contribution in [3.63, 3.8) is 0 Å². The lowest BCUT2D eigenvalue weighted by molar-refractivity contribution is -0.114. The van der Waals surface area contributed by atoms with Gasteiger partial charge < -0.3 is 14.6 Å². The number of hydrogen-bond donors (Lipinski definition) is 1. The molecule has 3 rings (SSSR count). The highest BCUT2D eigenvalue weighted by atomic mass is 79.9. The highest BCUT2D eigenvalue weighted by molar-refractivity contribution is 9.10. The van der Waals surface area contributed by atoms with E-state index in [-0.39, 0.29) is 5.78 Å². The molecule has 136 valence electrons. The normalized spacial score (nSPS) is 12.8. The van der Waals surface area contributed by atoms with E-state index in [1.54, 1.807) is 36.5 Å². The SMILES string of the molecule is Brc1ccsc1.C1CCOC1.CC(C)(O)c1ccsc1.CC(C)=O. The van der Waals surface area contributed by atoms with Crippen LogP contribution in [0.15, 0.2) is 38.1 Å². The van der Waals surface area contributed by atoms with E-state index in [1.807, 2.05) is 33.7 Å². The summed E-state index contributed by atoms with van der Waals surface area (Å²) in [4.78, 5) is 9.44. The van der Waals surface area contributed by atoms with Crippen LogP contribution in [0.25, 0.3) is 0 Å². The first-order chi connectivity index (χ1) is 11.2. The van der Waals surface area contributed by atoms with Crippen molar-refractivity contribution in [3.05, 3.63) is 43.7 Å². The number of hydrogen-bond acceptors (Lipinski definition) is 5. The minimum atomic E-state index is -0.667. The molecular weight excluding hydrogens is 408 g/mol. The van der Waals surface area contributed by atoms with E-state index >= 15 is 0 Å². The number of thiophene rings is 2. The second-order valence-electron chi connectivity index (χ2n) is 5.74. The van der Waals surface area contributed by atoms with Gasteiger partial charge in [-0.25, -0.2) is 0 Å². The Balaban J connectivity index is 0.000000310. The van der Waals surface area contributed by atoms with Crippen LogP contribution < -0.4 is 0 Å². The highest BCUT2D eigenvalue weighted by Crippen LogP contribution is 2.21. The summed E-state index contributed by atoms with van der Waals surface area (Å²) in [6, 6.07) is 3.95. The van der Waals surface area contributed by atoms with Crippen LogP contribution in [0.2, 0.25) is 0 Å². The molecule has 1 aliphatic heterocycles. The Kier molecular flexibility index (Phi) is 13.4. The molecule has 0 amide bonds. The van der Waals surface area contributed by atoms with Gasteiger partial charge in [0.25, 0.3) is 0 Å². The molecule has 0 saturated carbocycles.